The van der Waals surface area contributed by atoms with Gasteiger partial charge in [-0.1, -0.05) is 19.1 Å². The lowest BCUT2D eigenvalue weighted by atomic mass is 10.2. The van der Waals surface area contributed by atoms with E-state index in [0.717, 1.165) is 13.0 Å². The zero-order valence-corrected chi connectivity index (χ0v) is 6.83. The van der Waals surface area contributed by atoms with Crippen LogP contribution >= 0.6 is 0 Å². The van der Waals surface area contributed by atoms with E-state index < -0.39 is 0 Å². The summed E-state index contributed by atoms with van der Waals surface area (Å²) in [6.07, 6.45) is 10.7. The predicted molar refractivity (Wildman–Crippen MR) is 47.8 cm³/mol. The van der Waals surface area contributed by atoms with Gasteiger partial charge >= 0.3 is 0 Å². The fraction of sp³-hybridized carbons (Fsp3) is 0.444. The molecule has 0 aromatic carbocycles. The Labute approximate surface area is 67.7 Å². The molecule has 1 unspecified atom stereocenters. The van der Waals surface area contributed by atoms with Gasteiger partial charge < -0.3 is 10.3 Å². The van der Waals surface area contributed by atoms with Crippen molar-refractivity contribution in [2.24, 2.45) is 0 Å². The molecule has 0 fully saturated rings. The van der Waals surface area contributed by atoms with Crippen LogP contribution in [0.2, 0.25) is 0 Å². The molecule has 2 nitrogen and oxygen atoms in total. The van der Waals surface area contributed by atoms with Gasteiger partial charge in [0.15, 0.2) is 0 Å². The molecule has 1 atom stereocenters. The fourth-order valence-electron chi connectivity index (χ4n) is 1.18. The summed E-state index contributed by atoms with van der Waals surface area (Å²) in [7, 11) is 0. The maximum absolute atomic E-state index is 7.15. The minimum Gasteiger partial charge on any atom is -0.366 e. The maximum atomic E-state index is 7.15. The Hall–Kier alpha value is -1.05. The van der Waals surface area contributed by atoms with Crippen LogP contribution < -0.4 is 0 Å². The maximum Gasteiger partial charge on any atom is 0.0818 e. The summed E-state index contributed by atoms with van der Waals surface area (Å²) in [4.78, 5) is 2.16. The first-order chi connectivity index (χ1) is 5.38. The summed E-state index contributed by atoms with van der Waals surface area (Å²) >= 11 is 0. The van der Waals surface area contributed by atoms with E-state index in [2.05, 4.69) is 11.8 Å². The number of rotatable bonds is 3. The molecule has 0 bridgehead atoms. The molecule has 1 N–H and O–H groups in total. The Morgan fingerprint density at radius 1 is 1.55 bits per heavy atom. The van der Waals surface area contributed by atoms with E-state index in [1.807, 2.05) is 24.4 Å². The smallest absolute Gasteiger partial charge is 0.0818 e. The molecule has 1 aliphatic rings. The molecule has 0 radical (unpaired) electrons. The van der Waals surface area contributed by atoms with Crippen molar-refractivity contribution in [2.45, 2.75) is 19.4 Å². The fourth-order valence-corrected chi connectivity index (χ4v) is 1.18. The zero-order valence-electron chi connectivity index (χ0n) is 6.83. The van der Waals surface area contributed by atoms with Crippen LogP contribution in [0.25, 0.3) is 0 Å². The molecular formula is C9H14N2. The van der Waals surface area contributed by atoms with Gasteiger partial charge in [-0.2, -0.15) is 0 Å². The molecule has 0 aliphatic carbocycles. The van der Waals surface area contributed by atoms with Gasteiger partial charge in [-0.05, 0) is 18.7 Å². The molecule has 1 heterocycles. The highest BCUT2D eigenvalue weighted by Gasteiger charge is 2.09. The second kappa shape index (κ2) is 3.96. The Morgan fingerprint density at radius 3 is 3.00 bits per heavy atom. The van der Waals surface area contributed by atoms with Crippen molar-refractivity contribution in [1.82, 2.24) is 4.90 Å². The highest BCUT2D eigenvalue weighted by molar-refractivity contribution is 5.64. The first kappa shape index (κ1) is 8.05. The normalized spacial score (nSPS) is 22.3. The Kier molecular flexibility index (Phi) is 2.90. The Bertz CT molecular complexity index is 182. The number of hydrogen-bond acceptors (Lipinski definition) is 2. The van der Waals surface area contributed by atoms with Crippen molar-refractivity contribution in [3.05, 3.63) is 24.4 Å². The first-order valence-electron chi connectivity index (χ1n) is 4.00. The molecule has 0 aromatic heterocycles. The highest BCUT2D eigenvalue weighted by Crippen LogP contribution is 2.06. The molecular weight excluding hydrogens is 136 g/mol. The van der Waals surface area contributed by atoms with Gasteiger partial charge in [0, 0.05) is 12.8 Å². The van der Waals surface area contributed by atoms with E-state index in [1.165, 1.54) is 6.21 Å². The van der Waals surface area contributed by atoms with Crippen molar-refractivity contribution < 1.29 is 0 Å². The van der Waals surface area contributed by atoms with E-state index in [9.17, 15) is 0 Å². The summed E-state index contributed by atoms with van der Waals surface area (Å²) in [5.74, 6) is 0. The lowest BCUT2D eigenvalue weighted by Gasteiger charge is -2.26. The molecule has 60 valence electrons. The molecule has 1 rings (SSSR count). The third-order valence-corrected chi connectivity index (χ3v) is 1.73. The minimum atomic E-state index is 0.181. The quantitative estimate of drug-likeness (QED) is 0.610. The van der Waals surface area contributed by atoms with E-state index in [4.69, 9.17) is 5.41 Å². The summed E-state index contributed by atoms with van der Waals surface area (Å²) in [6, 6.07) is 0.181. The van der Waals surface area contributed by atoms with Crippen molar-refractivity contribution in [1.29, 1.82) is 5.41 Å². The predicted octanol–water partition coefficient (Wildman–Crippen LogP) is 1.80. The van der Waals surface area contributed by atoms with Crippen molar-refractivity contribution in [3.8, 4) is 0 Å². The van der Waals surface area contributed by atoms with Gasteiger partial charge in [0.25, 0.3) is 0 Å². The lowest BCUT2D eigenvalue weighted by Crippen LogP contribution is -2.31. The van der Waals surface area contributed by atoms with Gasteiger partial charge in [0.2, 0.25) is 0 Å². The average molecular weight is 150 g/mol. The van der Waals surface area contributed by atoms with E-state index >= 15 is 0 Å². The third-order valence-electron chi connectivity index (χ3n) is 1.73. The van der Waals surface area contributed by atoms with Crippen LogP contribution in [-0.2, 0) is 0 Å². The number of nitrogens with zero attached hydrogens (tertiary/aromatic N) is 1. The second-order valence-corrected chi connectivity index (χ2v) is 2.62. The summed E-state index contributed by atoms with van der Waals surface area (Å²) in [6.45, 7) is 3.17. The largest absolute Gasteiger partial charge is 0.366 e. The third kappa shape index (κ3) is 1.93. The number of allylic oxidation sites excluding steroid dienone is 2. The Balaban J connectivity index is 2.55. The molecule has 0 amide bonds. The van der Waals surface area contributed by atoms with Crippen LogP contribution in [0, 0.1) is 5.41 Å². The molecule has 0 spiro atoms. The summed E-state index contributed by atoms with van der Waals surface area (Å²) in [5, 5.41) is 7.15. The number of nitrogens with one attached hydrogen (secondary N) is 1. The lowest BCUT2D eigenvalue weighted by molar-refractivity contribution is 0.373. The summed E-state index contributed by atoms with van der Waals surface area (Å²) in [5.41, 5.74) is 0. The molecule has 1 aliphatic heterocycles. The van der Waals surface area contributed by atoms with Crippen LogP contribution in [0.4, 0.5) is 0 Å². The van der Waals surface area contributed by atoms with Gasteiger partial charge in [0.1, 0.15) is 0 Å². The molecule has 0 aromatic rings. The highest BCUT2D eigenvalue weighted by atomic mass is 15.1. The average Bonchev–Trinajstić information content (AvgIpc) is 2.06. The van der Waals surface area contributed by atoms with Crippen LogP contribution in [0.5, 0.6) is 0 Å². The molecule has 2 heteroatoms. The number of hydrogen-bond donors (Lipinski definition) is 1. The van der Waals surface area contributed by atoms with E-state index in [1.54, 1.807) is 0 Å². The van der Waals surface area contributed by atoms with E-state index in [-0.39, 0.29) is 6.04 Å². The van der Waals surface area contributed by atoms with E-state index in [0.29, 0.717) is 0 Å². The van der Waals surface area contributed by atoms with Crippen molar-refractivity contribution in [3.63, 3.8) is 0 Å². The topological polar surface area (TPSA) is 27.1 Å². The van der Waals surface area contributed by atoms with Crippen molar-refractivity contribution >= 4 is 6.21 Å². The van der Waals surface area contributed by atoms with Crippen LogP contribution in [0.3, 0.4) is 0 Å². The Morgan fingerprint density at radius 2 is 2.36 bits per heavy atom. The second-order valence-electron chi connectivity index (χ2n) is 2.62. The molecule has 0 saturated heterocycles. The summed E-state index contributed by atoms with van der Waals surface area (Å²) < 4.78 is 0. The molecule has 11 heavy (non-hydrogen) atoms. The van der Waals surface area contributed by atoms with Gasteiger partial charge in [-0.15, -0.1) is 0 Å². The van der Waals surface area contributed by atoms with Crippen molar-refractivity contribution in [2.75, 3.05) is 6.54 Å². The van der Waals surface area contributed by atoms with Crippen LogP contribution in [0.1, 0.15) is 13.3 Å². The standard InChI is InChI=1S/C9H14N2/c1-2-6-11-7-4-3-5-9(11)8-10/h3-5,7-10H,2,6H2,1H3. The van der Waals surface area contributed by atoms with Crippen LogP contribution in [-0.4, -0.2) is 23.7 Å². The van der Waals surface area contributed by atoms with Crippen LogP contribution in [0.15, 0.2) is 24.4 Å². The minimum absolute atomic E-state index is 0.181. The zero-order chi connectivity index (χ0) is 8.10. The van der Waals surface area contributed by atoms with Gasteiger partial charge in [-0.3, -0.25) is 0 Å². The van der Waals surface area contributed by atoms with Gasteiger partial charge in [-0.25, -0.2) is 0 Å². The SMILES string of the molecule is CCCN1C=CC=CC1C=N. The monoisotopic (exact) mass is 150 g/mol. The molecule has 0 saturated carbocycles. The van der Waals surface area contributed by atoms with Gasteiger partial charge in [0.05, 0.1) is 6.04 Å². The first-order valence-corrected chi connectivity index (χ1v) is 4.00.